The lowest BCUT2D eigenvalue weighted by atomic mass is 9.96. The van der Waals surface area contributed by atoms with Gasteiger partial charge < -0.3 is 10.2 Å². The quantitative estimate of drug-likeness (QED) is 0.729. The van der Waals surface area contributed by atoms with Crippen molar-refractivity contribution in [3.63, 3.8) is 0 Å². The van der Waals surface area contributed by atoms with Crippen molar-refractivity contribution in [3.05, 3.63) is 0 Å². The second-order valence-electron chi connectivity index (χ2n) is 5.52. The maximum atomic E-state index is 3.51. The predicted molar refractivity (Wildman–Crippen MR) is 58.2 cm³/mol. The van der Waals surface area contributed by atoms with Gasteiger partial charge in [0.25, 0.3) is 0 Å². The first-order valence-electron chi connectivity index (χ1n) is 6.35. The van der Waals surface area contributed by atoms with Crippen molar-refractivity contribution >= 4 is 0 Å². The number of hydrogen-bond donors (Lipinski definition) is 1. The zero-order valence-electron chi connectivity index (χ0n) is 9.04. The van der Waals surface area contributed by atoms with Gasteiger partial charge in [-0.05, 0) is 63.1 Å². The summed E-state index contributed by atoms with van der Waals surface area (Å²) in [6.45, 7) is 6.75. The Labute approximate surface area is 87.0 Å². The maximum absolute atomic E-state index is 3.51. The number of piperidine rings is 2. The molecule has 0 radical (unpaired) electrons. The van der Waals surface area contributed by atoms with Crippen molar-refractivity contribution in [3.8, 4) is 0 Å². The van der Waals surface area contributed by atoms with Crippen LogP contribution in [0, 0.1) is 17.8 Å². The molecule has 0 aromatic heterocycles. The first-order chi connectivity index (χ1) is 6.92. The fraction of sp³-hybridized carbons (Fsp3) is 1.00. The maximum Gasteiger partial charge on any atom is 0.00130 e. The molecule has 0 amide bonds. The molecule has 2 saturated heterocycles. The second-order valence-corrected chi connectivity index (χ2v) is 5.52. The average molecular weight is 194 g/mol. The average Bonchev–Trinajstić information content (AvgIpc) is 2.85. The van der Waals surface area contributed by atoms with E-state index in [0.29, 0.717) is 0 Å². The van der Waals surface area contributed by atoms with E-state index in [4.69, 9.17) is 0 Å². The van der Waals surface area contributed by atoms with Crippen molar-refractivity contribution in [2.75, 3.05) is 32.7 Å². The number of likely N-dealkylation sites (tertiary alicyclic amines) is 1. The van der Waals surface area contributed by atoms with Crippen LogP contribution in [0.25, 0.3) is 0 Å². The molecule has 0 aromatic carbocycles. The molecule has 1 saturated carbocycles. The minimum atomic E-state index is 0.973. The lowest BCUT2D eigenvalue weighted by Gasteiger charge is -2.25. The number of fused-ring (bicyclic) bond motifs is 1. The van der Waals surface area contributed by atoms with Crippen LogP contribution < -0.4 is 5.32 Å². The SMILES string of the molecule is C1CNCC(CCN2CC3CC3C2)C1. The van der Waals surface area contributed by atoms with Gasteiger partial charge in [0.15, 0.2) is 0 Å². The number of nitrogens with zero attached hydrogens (tertiary/aromatic N) is 1. The number of rotatable bonds is 3. The highest BCUT2D eigenvalue weighted by atomic mass is 15.2. The molecule has 3 aliphatic rings. The molecule has 0 aromatic rings. The summed E-state index contributed by atoms with van der Waals surface area (Å²) in [6, 6.07) is 0. The van der Waals surface area contributed by atoms with Gasteiger partial charge in [0.05, 0.1) is 0 Å². The van der Waals surface area contributed by atoms with E-state index in [1.165, 1.54) is 52.0 Å². The molecular formula is C12H22N2. The Bertz CT molecular complexity index is 186. The number of hydrogen-bond acceptors (Lipinski definition) is 2. The largest absolute Gasteiger partial charge is 0.316 e. The van der Waals surface area contributed by atoms with Gasteiger partial charge >= 0.3 is 0 Å². The minimum Gasteiger partial charge on any atom is -0.316 e. The molecule has 3 unspecified atom stereocenters. The van der Waals surface area contributed by atoms with Gasteiger partial charge in [0.1, 0.15) is 0 Å². The summed E-state index contributed by atoms with van der Waals surface area (Å²) >= 11 is 0. The smallest absolute Gasteiger partial charge is 0.00130 e. The Morgan fingerprint density at radius 3 is 2.79 bits per heavy atom. The highest BCUT2D eigenvalue weighted by Gasteiger charge is 2.44. The summed E-state index contributed by atoms with van der Waals surface area (Å²) in [5, 5.41) is 3.51. The first-order valence-corrected chi connectivity index (χ1v) is 6.35. The molecule has 3 atom stereocenters. The van der Waals surface area contributed by atoms with Crippen LogP contribution in [-0.4, -0.2) is 37.6 Å². The summed E-state index contributed by atoms with van der Waals surface area (Å²) in [5.74, 6) is 3.19. The summed E-state index contributed by atoms with van der Waals surface area (Å²) < 4.78 is 0. The summed E-state index contributed by atoms with van der Waals surface area (Å²) in [5.41, 5.74) is 0. The van der Waals surface area contributed by atoms with E-state index < -0.39 is 0 Å². The van der Waals surface area contributed by atoms with Crippen LogP contribution in [0.2, 0.25) is 0 Å². The second kappa shape index (κ2) is 3.82. The molecule has 80 valence electrons. The van der Waals surface area contributed by atoms with Crippen LogP contribution >= 0.6 is 0 Å². The van der Waals surface area contributed by atoms with Crippen LogP contribution in [0.5, 0.6) is 0 Å². The van der Waals surface area contributed by atoms with Crippen molar-refractivity contribution < 1.29 is 0 Å². The normalized spacial score (nSPS) is 42.4. The van der Waals surface area contributed by atoms with Gasteiger partial charge in [0.2, 0.25) is 0 Å². The van der Waals surface area contributed by atoms with E-state index in [1.807, 2.05) is 0 Å². The summed E-state index contributed by atoms with van der Waals surface area (Å²) in [7, 11) is 0. The molecular weight excluding hydrogens is 172 g/mol. The molecule has 0 spiro atoms. The Kier molecular flexibility index (Phi) is 2.50. The number of nitrogens with one attached hydrogen (secondary N) is 1. The van der Waals surface area contributed by atoms with Crippen LogP contribution in [0.3, 0.4) is 0 Å². The van der Waals surface area contributed by atoms with Gasteiger partial charge in [-0.3, -0.25) is 0 Å². The predicted octanol–water partition coefficient (Wildman–Crippen LogP) is 1.33. The van der Waals surface area contributed by atoms with E-state index >= 15 is 0 Å². The van der Waals surface area contributed by atoms with Crippen LogP contribution in [0.4, 0.5) is 0 Å². The summed E-state index contributed by atoms with van der Waals surface area (Å²) in [6.07, 6.45) is 5.84. The fourth-order valence-electron chi connectivity index (χ4n) is 3.21. The van der Waals surface area contributed by atoms with Crippen molar-refractivity contribution in [1.82, 2.24) is 10.2 Å². The van der Waals surface area contributed by atoms with Crippen LogP contribution in [-0.2, 0) is 0 Å². The fourth-order valence-corrected chi connectivity index (χ4v) is 3.21. The molecule has 1 aliphatic carbocycles. The molecule has 3 rings (SSSR count). The topological polar surface area (TPSA) is 15.3 Å². The minimum absolute atomic E-state index is 0.973. The first kappa shape index (κ1) is 9.17. The van der Waals surface area contributed by atoms with Gasteiger partial charge in [-0.1, -0.05) is 0 Å². The van der Waals surface area contributed by atoms with E-state index in [1.54, 1.807) is 6.42 Å². The molecule has 3 fully saturated rings. The van der Waals surface area contributed by atoms with Gasteiger partial charge in [-0.15, -0.1) is 0 Å². The molecule has 2 nitrogen and oxygen atoms in total. The summed E-state index contributed by atoms with van der Waals surface area (Å²) in [4.78, 5) is 2.70. The van der Waals surface area contributed by atoms with Crippen LogP contribution in [0.1, 0.15) is 25.7 Å². The van der Waals surface area contributed by atoms with E-state index in [0.717, 1.165) is 17.8 Å². The van der Waals surface area contributed by atoms with Crippen molar-refractivity contribution in [1.29, 1.82) is 0 Å². The molecule has 2 aliphatic heterocycles. The van der Waals surface area contributed by atoms with E-state index in [2.05, 4.69) is 10.2 Å². The molecule has 0 bridgehead atoms. The highest BCUT2D eigenvalue weighted by Crippen LogP contribution is 2.44. The monoisotopic (exact) mass is 194 g/mol. The molecule has 2 heteroatoms. The molecule has 1 N–H and O–H groups in total. The lowest BCUT2D eigenvalue weighted by molar-refractivity contribution is 0.256. The zero-order chi connectivity index (χ0) is 9.38. The van der Waals surface area contributed by atoms with E-state index in [-0.39, 0.29) is 0 Å². The van der Waals surface area contributed by atoms with Gasteiger partial charge in [0, 0.05) is 13.1 Å². The Balaban J connectivity index is 1.36. The highest BCUT2D eigenvalue weighted by molar-refractivity contribution is 4.96. The third-order valence-electron chi connectivity index (χ3n) is 4.31. The van der Waals surface area contributed by atoms with Gasteiger partial charge in [-0.2, -0.15) is 0 Å². The Morgan fingerprint density at radius 1 is 1.21 bits per heavy atom. The van der Waals surface area contributed by atoms with Gasteiger partial charge in [-0.25, -0.2) is 0 Å². The third-order valence-corrected chi connectivity index (χ3v) is 4.31. The van der Waals surface area contributed by atoms with Crippen molar-refractivity contribution in [2.24, 2.45) is 17.8 Å². The standard InChI is InChI=1S/C12H22N2/c1-2-10(7-13-4-1)3-5-14-8-11-6-12(11)9-14/h10-13H,1-9H2. The molecule has 2 heterocycles. The third kappa shape index (κ3) is 1.96. The Hall–Kier alpha value is -0.0800. The Morgan fingerprint density at radius 2 is 2.07 bits per heavy atom. The zero-order valence-corrected chi connectivity index (χ0v) is 9.04. The van der Waals surface area contributed by atoms with Crippen LogP contribution in [0.15, 0.2) is 0 Å². The van der Waals surface area contributed by atoms with Crippen molar-refractivity contribution in [2.45, 2.75) is 25.7 Å². The lowest BCUT2D eigenvalue weighted by Crippen LogP contribution is -2.33. The van der Waals surface area contributed by atoms with E-state index in [9.17, 15) is 0 Å². The molecule has 14 heavy (non-hydrogen) atoms.